The lowest BCUT2D eigenvalue weighted by molar-refractivity contribution is 0.102. The third-order valence-corrected chi connectivity index (χ3v) is 5.09. The zero-order valence-electron chi connectivity index (χ0n) is 14.4. The molecule has 0 atom stereocenters. The van der Waals surface area contributed by atoms with Crippen molar-refractivity contribution in [3.63, 3.8) is 0 Å². The number of para-hydroxylation sites is 1. The Morgan fingerprint density at radius 2 is 1.71 bits per heavy atom. The first-order valence-corrected chi connectivity index (χ1v) is 9.58. The molecule has 28 heavy (non-hydrogen) atoms. The number of nitrogens with one attached hydrogen (secondary N) is 1. The lowest BCUT2D eigenvalue weighted by Crippen LogP contribution is -2.12. The van der Waals surface area contributed by atoms with Crippen LogP contribution in [0.5, 0.6) is 0 Å². The lowest BCUT2D eigenvalue weighted by Gasteiger charge is -2.08. The number of carbonyl (C=O) groups is 1. The predicted molar refractivity (Wildman–Crippen MR) is 115 cm³/mol. The van der Waals surface area contributed by atoms with Gasteiger partial charge >= 0.3 is 5.63 Å². The molecule has 0 radical (unpaired) electrons. The van der Waals surface area contributed by atoms with Crippen LogP contribution in [0.25, 0.3) is 22.1 Å². The summed E-state index contributed by atoms with van der Waals surface area (Å²) >= 11 is 9.43. The number of halogens is 2. The Morgan fingerprint density at radius 1 is 0.964 bits per heavy atom. The third-order valence-electron chi connectivity index (χ3n) is 4.27. The molecule has 1 heterocycles. The first-order valence-electron chi connectivity index (χ1n) is 8.41. The molecule has 4 nitrogen and oxygen atoms in total. The van der Waals surface area contributed by atoms with Gasteiger partial charge < -0.3 is 9.73 Å². The smallest absolute Gasteiger partial charge is 0.344 e. The van der Waals surface area contributed by atoms with Crippen LogP contribution in [0.3, 0.4) is 0 Å². The van der Waals surface area contributed by atoms with Crippen LogP contribution < -0.4 is 10.9 Å². The number of amides is 1. The van der Waals surface area contributed by atoms with Crippen molar-refractivity contribution < 1.29 is 9.21 Å². The van der Waals surface area contributed by atoms with Gasteiger partial charge in [-0.25, -0.2) is 4.79 Å². The van der Waals surface area contributed by atoms with E-state index < -0.39 is 5.63 Å². The summed E-state index contributed by atoms with van der Waals surface area (Å²) in [6.45, 7) is 0. The average Bonchev–Trinajstić information content (AvgIpc) is 2.70. The number of fused-ring (bicyclic) bond motifs is 1. The molecule has 0 aliphatic heterocycles. The first kappa shape index (κ1) is 18.5. The van der Waals surface area contributed by atoms with E-state index in [1.54, 1.807) is 54.6 Å². The molecule has 0 aliphatic rings. The number of hydrogen-bond acceptors (Lipinski definition) is 3. The minimum absolute atomic E-state index is 0.315. The van der Waals surface area contributed by atoms with E-state index in [9.17, 15) is 9.59 Å². The monoisotopic (exact) mass is 453 g/mol. The highest BCUT2D eigenvalue weighted by molar-refractivity contribution is 9.10. The summed E-state index contributed by atoms with van der Waals surface area (Å²) in [7, 11) is 0. The van der Waals surface area contributed by atoms with E-state index >= 15 is 0 Å². The van der Waals surface area contributed by atoms with Crippen molar-refractivity contribution in [2.24, 2.45) is 0 Å². The second-order valence-corrected chi connectivity index (χ2v) is 7.46. The lowest BCUT2D eigenvalue weighted by atomic mass is 10.1. The summed E-state index contributed by atoms with van der Waals surface area (Å²) in [6, 6.07) is 21.2. The van der Waals surface area contributed by atoms with E-state index in [1.165, 1.54) is 0 Å². The third kappa shape index (κ3) is 3.72. The van der Waals surface area contributed by atoms with Gasteiger partial charge in [0.25, 0.3) is 5.91 Å². The molecule has 1 N–H and O–H groups in total. The highest BCUT2D eigenvalue weighted by Gasteiger charge is 2.12. The van der Waals surface area contributed by atoms with Crippen LogP contribution >= 0.6 is 27.5 Å². The second kappa shape index (κ2) is 7.62. The van der Waals surface area contributed by atoms with E-state index in [0.717, 1.165) is 9.86 Å². The molecule has 3 aromatic carbocycles. The van der Waals surface area contributed by atoms with Gasteiger partial charge in [0.05, 0.1) is 16.1 Å². The predicted octanol–water partition coefficient (Wildman–Crippen LogP) is 6.13. The van der Waals surface area contributed by atoms with E-state index in [2.05, 4.69) is 21.2 Å². The van der Waals surface area contributed by atoms with Crippen molar-refractivity contribution in [3.8, 4) is 11.1 Å². The molecule has 0 bridgehead atoms. The Labute approximate surface area is 173 Å². The van der Waals surface area contributed by atoms with Gasteiger partial charge in [0.2, 0.25) is 0 Å². The fourth-order valence-corrected chi connectivity index (χ4v) is 3.43. The van der Waals surface area contributed by atoms with Crippen LogP contribution in [0.15, 0.2) is 86.5 Å². The van der Waals surface area contributed by atoms with Crippen molar-refractivity contribution in [2.75, 3.05) is 5.32 Å². The van der Waals surface area contributed by atoms with Crippen LogP contribution in [-0.2, 0) is 0 Å². The zero-order chi connectivity index (χ0) is 19.7. The maximum absolute atomic E-state index is 12.5. The molecule has 1 aromatic heterocycles. The summed E-state index contributed by atoms with van der Waals surface area (Å²) in [5.74, 6) is -0.315. The Morgan fingerprint density at radius 3 is 2.50 bits per heavy atom. The molecule has 4 aromatic rings. The highest BCUT2D eigenvalue weighted by atomic mass is 79.9. The summed E-state index contributed by atoms with van der Waals surface area (Å²) in [4.78, 5) is 24.8. The van der Waals surface area contributed by atoms with Crippen molar-refractivity contribution >= 4 is 50.1 Å². The van der Waals surface area contributed by atoms with Gasteiger partial charge in [-0.15, -0.1) is 0 Å². The standard InChI is InChI=1S/C22H13BrClNO3/c23-15-7-10-19(24)18(12-15)21(26)25-16-8-5-13(6-9-16)17-11-14-3-1-2-4-20(14)28-22(17)27/h1-12H,(H,25,26). The van der Waals surface area contributed by atoms with Gasteiger partial charge in [0.1, 0.15) is 5.58 Å². The minimum Gasteiger partial charge on any atom is -0.422 e. The van der Waals surface area contributed by atoms with Crippen molar-refractivity contribution in [2.45, 2.75) is 0 Å². The number of carbonyl (C=O) groups excluding carboxylic acids is 1. The highest BCUT2D eigenvalue weighted by Crippen LogP contribution is 2.24. The Balaban J connectivity index is 1.61. The van der Waals surface area contributed by atoms with Crippen LogP contribution in [-0.4, -0.2) is 5.91 Å². The molecule has 0 saturated heterocycles. The Bertz CT molecular complexity index is 1250. The van der Waals surface area contributed by atoms with Gasteiger partial charge in [-0.05, 0) is 48.0 Å². The maximum Gasteiger partial charge on any atom is 0.344 e. The van der Waals surface area contributed by atoms with Crippen molar-refractivity contribution in [3.05, 3.63) is 98.3 Å². The second-order valence-electron chi connectivity index (χ2n) is 6.14. The van der Waals surface area contributed by atoms with Crippen LogP contribution in [0, 0.1) is 0 Å². The minimum atomic E-state index is -0.406. The van der Waals surface area contributed by atoms with E-state index in [-0.39, 0.29) is 5.91 Å². The SMILES string of the molecule is O=C(Nc1ccc(-c2cc3ccccc3oc2=O)cc1)c1cc(Br)ccc1Cl. The van der Waals surface area contributed by atoms with Crippen molar-refractivity contribution in [1.29, 1.82) is 0 Å². The molecule has 0 fully saturated rings. The number of hydrogen-bond donors (Lipinski definition) is 1. The van der Waals surface area contributed by atoms with E-state index in [1.807, 2.05) is 18.2 Å². The van der Waals surface area contributed by atoms with Crippen molar-refractivity contribution in [1.82, 2.24) is 0 Å². The van der Waals surface area contributed by atoms with Crippen LogP contribution in [0.2, 0.25) is 5.02 Å². The fraction of sp³-hybridized carbons (Fsp3) is 0. The van der Waals surface area contributed by atoms with Gasteiger partial charge in [-0.2, -0.15) is 0 Å². The number of rotatable bonds is 3. The average molecular weight is 455 g/mol. The van der Waals surface area contributed by atoms with Gasteiger partial charge in [-0.3, -0.25) is 4.79 Å². The Hall–Kier alpha value is -2.89. The number of anilines is 1. The molecule has 4 rings (SSSR count). The molecular weight excluding hydrogens is 442 g/mol. The molecule has 138 valence electrons. The number of benzene rings is 3. The van der Waals surface area contributed by atoms with Gasteiger partial charge in [0.15, 0.2) is 0 Å². The molecule has 0 spiro atoms. The molecular formula is C22H13BrClNO3. The summed E-state index contributed by atoms with van der Waals surface area (Å²) in [5, 5.41) is 4.02. The van der Waals surface area contributed by atoms with Crippen LogP contribution in [0.4, 0.5) is 5.69 Å². The molecule has 6 heteroatoms. The van der Waals surface area contributed by atoms with E-state index in [4.69, 9.17) is 16.0 Å². The quantitative estimate of drug-likeness (QED) is 0.379. The zero-order valence-corrected chi connectivity index (χ0v) is 16.8. The fourth-order valence-electron chi connectivity index (χ4n) is 2.87. The summed E-state index contributed by atoms with van der Waals surface area (Å²) in [5.41, 5.74) is 2.28. The van der Waals surface area contributed by atoms with Gasteiger partial charge in [0, 0.05) is 15.5 Å². The molecule has 0 saturated carbocycles. The molecule has 1 amide bonds. The Kier molecular flexibility index (Phi) is 5.03. The maximum atomic E-state index is 12.5. The van der Waals surface area contributed by atoms with Gasteiger partial charge in [-0.1, -0.05) is 57.9 Å². The van der Waals surface area contributed by atoms with Crippen LogP contribution in [0.1, 0.15) is 10.4 Å². The van der Waals surface area contributed by atoms with E-state index in [0.29, 0.717) is 33.0 Å². The molecule has 0 unspecified atom stereocenters. The molecule has 0 aliphatic carbocycles. The normalized spacial score (nSPS) is 10.8. The first-order chi connectivity index (χ1) is 13.5. The summed E-state index contributed by atoms with van der Waals surface area (Å²) < 4.78 is 6.14. The topological polar surface area (TPSA) is 59.3 Å². The largest absolute Gasteiger partial charge is 0.422 e. The summed E-state index contributed by atoms with van der Waals surface area (Å²) in [6.07, 6.45) is 0.